The molecule has 2 aromatic heterocycles. The smallest absolute Gasteiger partial charge is 0.315 e. The van der Waals surface area contributed by atoms with Crippen molar-refractivity contribution in [3.05, 3.63) is 33.8 Å². The molecule has 2 unspecified atom stereocenters. The summed E-state index contributed by atoms with van der Waals surface area (Å²) >= 11 is 2.60. The van der Waals surface area contributed by atoms with Crippen molar-refractivity contribution in [2.45, 2.75) is 38.5 Å². The van der Waals surface area contributed by atoms with Crippen LogP contribution in [0.15, 0.2) is 22.5 Å². The molecule has 0 bridgehead atoms. The first kappa shape index (κ1) is 22.9. The van der Waals surface area contributed by atoms with Crippen LogP contribution < -0.4 is 10.6 Å². The van der Waals surface area contributed by atoms with Crippen LogP contribution in [0.25, 0.3) is 0 Å². The average molecular weight is 488 g/mol. The highest BCUT2D eigenvalue weighted by molar-refractivity contribution is 7.16. The summed E-state index contributed by atoms with van der Waals surface area (Å²) in [7, 11) is 0. The summed E-state index contributed by atoms with van der Waals surface area (Å²) in [4.78, 5) is 61.7. The quantitative estimate of drug-likeness (QED) is 0.431. The van der Waals surface area contributed by atoms with Crippen LogP contribution >= 0.6 is 22.7 Å². The summed E-state index contributed by atoms with van der Waals surface area (Å²) < 4.78 is 5.11. The highest BCUT2D eigenvalue weighted by Crippen LogP contribution is 2.39. The number of dihydropyridines is 1. The van der Waals surface area contributed by atoms with E-state index in [1.54, 1.807) is 18.4 Å². The van der Waals surface area contributed by atoms with Gasteiger partial charge in [-0.3, -0.25) is 19.2 Å². The molecule has 3 amide bonds. The summed E-state index contributed by atoms with van der Waals surface area (Å²) in [6, 6.07) is 0. The van der Waals surface area contributed by atoms with Gasteiger partial charge in [0.25, 0.3) is 5.91 Å². The minimum atomic E-state index is -0.962. The minimum Gasteiger partial charge on any atom is -0.465 e. The van der Waals surface area contributed by atoms with Gasteiger partial charge in [-0.15, -0.1) is 22.7 Å². The number of amides is 3. The van der Waals surface area contributed by atoms with E-state index >= 15 is 0 Å². The largest absolute Gasteiger partial charge is 0.465 e. The first-order valence-electron chi connectivity index (χ1n) is 10.4. The second kappa shape index (κ2) is 10.1. The molecule has 33 heavy (non-hydrogen) atoms. The second-order valence-corrected chi connectivity index (χ2v) is 9.27. The Hall–Kier alpha value is -3.25. The first-order chi connectivity index (χ1) is 15.9. The van der Waals surface area contributed by atoms with Gasteiger partial charge in [0.1, 0.15) is 11.8 Å². The number of aromatic nitrogens is 2. The number of fused-ring (bicyclic) bond motifs is 1. The fourth-order valence-corrected chi connectivity index (χ4v) is 5.28. The van der Waals surface area contributed by atoms with Crippen molar-refractivity contribution in [3.8, 4) is 0 Å². The van der Waals surface area contributed by atoms with E-state index in [1.807, 2.05) is 0 Å². The number of carbonyl (C=O) groups is 4. The van der Waals surface area contributed by atoms with Crippen LogP contribution in [0.5, 0.6) is 0 Å². The van der Waals surface area contributed by atoms with E-state index in [2.05, 4.69) is 25.6 Å². The van der Waals surface area contributed by atoms with Gasteiger partial charge >= 0.3 is 5.97 Å². The van der Waals surface area contributed by atoms with Gasteiger partial charge in [0.15, 0.2) is 10.3 Å². The lowest BCUT2D eigenvalue weighted by Crippen LogP contribution is -2.28. The molecule has 2 aromatic rings. The van der Waals surface area contributed by atoms with E-state index in [0.717, 1.165) is 11.3 Å². The van der Waals surface area contributed by atoms with Crippen molar-refractivity contribution in [3.63, 3.8) is 0 Å². The van der Waals surface area contributed by atoms with Crippen LogP contribution in [0, 0.1) is 5.92 Å². The fourth-order valence-electron chi connectivity index (χ4n) is 3.48. The molecular weight excluding hydrogens is 466 g/mol. The van der Waals surface area contributed by atoms with Gasteiger partial charge in [-0.25, -0.2) is 15.0 Å². The molecule has 0 saturated carbocycles. The molecule has 0 spiro atoms. The molecule has 2 N–H and O–H groups in total. The number of ether oxygens (including phenoxy) is 1. The Kier molecular flexibility index (Phi) is 7.04. The Morgan fingerprint density at radius 3 is 2.85 bits per heavy atom. The summed E-state index contributed by atoms with van der Waals surface area (Å²) in [5, 5.41) is 7.97. The van der Waals surface area contributed by atoms with Gasteiger partial charge < -0.3 is 15.4 Å². The number of aliphatic imine (C=N–C) groups is 1. The molecule has 0 saturated heterocycles. The van der Waals surface area contributed by atoms with Crippen LogP contribution in [-0.4, -0.2) is 46.5 Å². The Bertz CT molecular complexity index is 1150. The molecule has 12 heteroatoms. The molecule has 0 fully saturated rings. The Morgan fingerprint density at radius 1 is 1.21 bits per heavy atom. The third kappa shape index (κ3) is 5.40. The number of thiazole rings is 2. The van der Waals surface area contributed by atoms with Crippen LogP contribution in [0.2, 0.25) is 0 Å². The summed E-state index contributed by atoms with van der Waals surface area (Å²) in [5.74, 6) is -2.84. The van der Waals surface area contributed by atoms with Crippen molar-refractivity contribution in [2.75, 3.05) is 17.2 Å². The number of hydrogen-bond acceptors (Lipinski definition) is 9. The third-order valence-electron chi connectivity index (χ3n) is 5.07. The van der Waals surface area contributed by atoms with Gasteiger partial charge in [-0.05, 0) is 32.3 Å². The maximum absolute atomic E-state index is 12.4. The van der Waals surface area contributed by atoms with Crippen LogP contribution in [0.4, 0.5) is 10.3 Å². The van der Waals surface area contributed by atoms with Gasteiger partial charge in [0.2, 0.25) is 11.8 Å². The topological polar surface area (TPSA) is 140 Å². The number of anilines is 2. The number of esters is 1. The lowest BCUT2D eigenvalue weighted by molar-refractivity contribution is -0.145. The van der Waals surface area contributed by atoms with E-state index < -0.39 is 17.7 Å². The summed E-state index contributed by atoms with van der Waals surface area (Å²) in [6.45, 7) is 2.09. The maximum Gasteiger partial charge on any atom is 0.315 e. The zero-order chi connectivity index (χ0) is 23.4. The molecule has 4 rings (SSSR count). The number of allylic oxidation sites excluding steroid dienone is 1. The lowest BCUT2D eigenvalue weighted by Gasteiger charge is -2.09. The normalized spacial score (nSPS) is 18.8. The Morgan fingerprint density at radius 2 is 2.06 bits per heavy atom. The molecule has 1 aliphatic heterocycles. The third-order valence-corrected chi connectivity index (χ3v) is 6.92. The molecule has 0 aromatic carbocycles. The van der Waals surface area contributed by atoms with Crippen LogP contribution in [-0.2, 0) is 36.8 Å². The predicted molar refractivity (Wildman–Crippen MR) is 124 cm³/mol. The average Bonchev–Trinajstić information content (AvgIpc) is 3.48. The molecule has 172 valence electrons. The Labute approximate surface area is 197 Å². The first-order valence-corrected chi connectivity index (χ1v) is 12.1. The van der Waals surface area contributed by atoms with Gasteiger partial charge in [-0.1, -0.05) is 6.08 Å². The molecule has 0 radical (unpaired) electrons. The molecule has 1 aliphatic carbocycles. The van der Waals surface area contributed by atoms with E-state index in [-0.39, 0.29) is 24.2 Å². The highest BCUT2D eigenvalue weighted by Gasteiger charge is 2.33. The maximum atomic E-state index is 12.4. The molecule has 10 nitrogen and oxygen atoms in total. The van der Waals surface area contributed by atoms with E-state index in [4.69, 9.17) is 4.74 Å². The van der Waals surface area contributed by atoms with E-state index in [9.17, 15) is 19.2 Å². The lowest BCUT2D eigenvalue weighted by atomic mass is 10.1. The van der Waals surface area contributed by atoms with Crippen molar-refractivity contribution >= 4 is 62.8 Å². The summed E-state index contributed by atoms with van der Waals surface area (Å²) in [6.07, 6.45) is 6.36. The van der Waals surface area contributed by atoms with Crippen molar-refractivity contribution < 1.29 is 23.9 Å². The minimum absolute atomic E-state index is 0.182. The number of nitrogens with zero attached hydrogens (tertiary/aromatic N) is 3. The van der Waals surface area contributed by atoms with Crippen LogP contribution in [0.1, 0.15) is 41.9 Å². The van der Waals surface area contributed by atoms with Gasteiger partial charge in [0, 0.05) is 22.9 Å². The van der Waals surface area contributed by atoms with E-state index in [1.165, 1.54) is 35.0 Å². The Balaban J connectivity index is 1.27. The number of carbonyl (C=O) groups excluding carboxylic acids is 4. The SMILES string of the molecule is CCOC(=O)C1CCc2sc(NC(=O)CCc3csc(NC(=O)C4C=CC=NC4=O)n3)nc21. The molecule has 3 heterocycles. The number of rotatable bonds is 8. The van der Waals surface area contributed by atoms with E-state index in [0.29, 0.717) is 41.1 Å². The standard InChI is InChI=1S/C21H21N5O5S2/c1-2-31-19(30)12-6-7-14-16(12)25-21(33-14)24-15(27)8-5-11-10-32-20(23-11)26-18(29)13-4-3-9-22-17(13)28/h3-4,9-10,12-13H,2,5-8H2,1H3,(H,23,26,29)(H,24,25,27). The fraction of sp³-hybridized carbons (Fsp3) is 0.381. The number of nitrogens with one attached hydrogen (secondary N) is 2. The number of aryl methyl sites for hydroxylation is 2. The summed E-state index contributed by atoms with van der Waals surface area (Å²) in [5.41, 5.74) is 1.35. The van der Waals surface area contributed by atoms with Crippen molar-refractivity contribution in [1.82, 2.24) is 9.97 Å². The predicted octanol–water partition coefficient (Wildman–Crippen LogP) is 2.49. The monoisotopic (exact) mass is 487 g/mol. The second-order valence-electron chi connectivity index (χ2n) is 7.33. The molecule has 2 aliphatic rings. The van der Waals surface area contributed by atoms with Crippen molar-refractivity contribution in [1.29, 1.82) is 0 Å². The van der Waals surface area contributed by atoms with Gasteiger partial charge in [-0.2, -0.15) is 0 Å². The zero-order valence-corrected chi connectivity index (χ0v) is 19.3. The molecular formula is C21H21N5O5S2. The number of hydrogen-bond donors (Lipinski definition) is 2. The van der Waals surface area contributed by atoms with Crippen LogP contribution in [0.3, 0.4) is 0 Å². The van der Waals surface area contributed by atoms with Crippen molar-refractivity contribution in [2.24, 2.45) is 10.9 Å². The zero-order valence-electron chi connectivity index (χ0n) is 17.7. The molecule has 2 atom stereocenters. The highest BCUT2D eigenvalue weighted by atomic mass is 32.1. The van der Waals surface area contributed by atoms with Gasteiger partial charge in [0.05, 0.1) is 18.0 Å².